The van der Waals surface area contributed by atoms with Gasteiger partial charge in [0.05, 0.1) is 6.54 Å². The van der Waals surface area contributed by atoms with E-state index in [1.807, 2.05) is 11.0 Å². The number of hydrogen-bond donors (Lipinski definition) is 1. The standard InChI is InChI=1S/C15H23NO2/c1-2-11-16(13-15(17)18)12-7-6-10-14-8-4-3-5-9-14/h3-5,8-9H,2,6-7,10-13H2,1H3,(H,17,18). The largest absolute Gasteiger partial charge is 0.480 e. The van der Waals surface area contributed by atoms with E-state index in [0.29, 0.717) is 0 Å². The van der Waals surface area contributed by atoms with Gasteiger partial charge in [0.2, 0.25) is 0 Å². The molecule has 100 valence electrons. The highest BCUT2D eigenvalue weighted by molar-refractivity contribution is 5.69. The Morgan fingerprint density at radius 1 is 1.17 bits per heavy atom. The van der Waals surface area contributed by atoms with Crippen LogP contribution in [0.3, 0.4) is 0 Å². The Bertz CT molecular complexity index is 338. The predicted octanol–water partition coefficient (Wildman–Crippen LogP) is 2.81. The Hall–Kier alpha value is -1.35. The highest BCUT2D eigenvalue weighted by atomic mass is 16.4. The monoisotopic (exact) mass is 249 g/mol. The highest BCUT2D eigenvalue weighted by Crippen LogP contribution is 2.05. The number of carbonyl (C=O) groups is 1. The SMILES string of the molecule is CCCN(CCCCc1ccccc1)CC(=O)O. The van der Waals surface area contributed by atoms with Crippen molar-refractivity contribution >= 4 is 5.97 Å². The van der Waals surface area contributed by atoms with E-state index in [-0.39, 0.29) is 6.54 Å². The van der Waals surface area contributed by atoms with Gasteiger partial charge in [-0.1, -0.05) is 37.3 Å². The quantitative estimate of drug-likeness (QED) is 0.684. The third kappa shape index (κ3) is 6.40. The number of aryl methyl sites for hydroxylation is 1. The van der Waals surface area contributed by atoms with Gasteiger partial charge in [-0.25, -0.2) is 0 Å². The number of rotatable bonds is 9. The first-order valence-corrected chi connectivity index (χ1v) is 6.70. The molecule has 1 N–H and O–H groups in total. The maximum atomic E-state index is 10.7. The summed E-state index contributed by atoms with van der Waals surface area (Å²) in [6, 6.07) is 10.4. The molecule has 0 saturated heterocycles. The zero-order valence-electron chi connectivity index (χ0n) is 11.1. The molecule has 0 heterocycles. The van der Waals surface area contributed by atoms with Crippen molar-refractivity contribution in [3.63, 3.8) is 0 Å². The molecule has 0 aliphatic rings. The van der Waals surface area contributed by atoms with E-state index < -0.39 is 5.97 Å². The van der Waals surface area contributed by atoms with E-state index in [0.717, 1.165) is 38.8 Å². The summed E-state index contributed by atoms with van der Waals surface area (Å²) in [5, 5.41) is 8.80. The van der Waals surface area contributed by atoms with E-state index in [4.69, 9.17) is 5.11 Å². The molecule has 1 rings (SSSR count). The predicted molar refractivity (Wildman–Crippen MR) is 73.7 cm³/mol. The number of carboxylic acids is 1. The number of benzene rings is 1. The van der Waals surface area contributed by atoms with Crippen molar-refractivity contribution in [3.05, 3.63) is 35.9 Å². The van der Waals surface area contributed by atoms with Crippen molar-refractivity contribution in [2.45, 2.75) is 32.6 Å². The molecule has 0 aliphatic carbocycles. The third-order valence-corrected chi connectivity index (χ3v) is 2.93. The van der Waals surface area contributed by atoms with E-state index in [1.165, 1.54) is 5.56 Å². The lowest BCUT2D eigenvalue weighted by molar-refractivity contribution is -0.138. The van der Waals surface area contributed by atoms with Crippen molar-refractivity contribution in [1.82, 2.24) is 4.90 Å². The first-order chi connectivity index (χ1) is 8.72. The molecule has 18 heavy (non-hydrogen) atoms. The smallest absolute Gasteiger partial charge is 0.317 e. The van der Waals surface area contributed by atoms with Crippen molar-refractivity contribution < 1.29 is 9.90 Å². The van der Waals surface area contributed by atoms with Gasteiger partial charge in [-0.05, 0) is 44.3 Å². The molecule has 0 bridgehead atoms. The average Bonchev–Trinajstić information content (AvgIpc) is 2.35. The zero-order chi connectivity index (χ0) is 13.2. The number of aliphatic carboxylic acids is 1. The topological polar surface area (TPSA) is 40.5 Å². The van der Waals surface area contributed by atoms with Gasteiger partial charge < -0.3 is 5.11 Å². The van der Waals surface area contributed by atoms with E-state index in [9.17, 15) is 4.79 Å². The summed E-state index contributed by atoms with van der Waals surface area (Å²) in [6.07, 6.45) is 4.26. The molecule has 0 fully saturated rings. The number of carboxylic acid groups (broad SMARTS) is 1. The minimum Gasteiger partial charge on any atom is -0.480 e. The molecular weight excluding hydrogens is 226 g/mol. The summed E-state index contributed by atoms with van der Waals surface area (Å²) in [6.45, 7) is 4.00. The van der Waals surface area contributed by atoms with Crippen LogP contribution in [0.4, 0.5) is 0 Å². The van der Waals surface area contributed by atoms with Gasteiger partial charge in [-0.2, -0.15) is 0 Å². The van der Waals surface area contributed by atoms with Crippen LogP contribution in [0.5, 0.6) is 0 Å². The third-order valence-electron chi connectivity index (χ3n) is 2.93. The van der Waals surface area contributed by atoms with Crippen LogP contribution in [0, 0.1) is 0 Å². The second-order valence-corrected chi connectivity index (χ2v) is 4.61. The molecule has 3 heteroatoms. The van der Waals surface area contributed by atoms with Gasteiger partial charge in [0, 0.05) is 0 Å². The van der Waals surface area contributed by atoms with Crippen LogP contribution in [0.25, 0.3) is 0 Å². The van der Waals surface area contributed by atoms with Gasteiger partial charge in [-0.3, -0.25) is 9.69 Å². The molecule has 0 saturated carbocycles. The van der Waals surface area contributed by atoms with Crippen LogP contribution < -0.4 is 0 Å². The van der Waals surface area contributed by atoms with Crippen molar-refractivity contribution in [2.75, 3.05) is 19.6 Å². The fraction of sp³-hybridized carbons (Fsp3) is 0.533. The van der Waals surface area contributed by atoms with E-state index >= 15 is 0 Å². The van der Waals surface area contributed by atoms with Crippen LogP contribution >= 0.6 is 0 Å². The Morgan fingerprint density at radius 2 is 1.89 bits per heavy atom. The molecule has 1 aromatic rings. The van der Waals surface area contributed by atoms with Crippen LogP contribution in [-0.4, -0.2) is 35.6 Å². The van der Waals surface area contributed by atoms with Crippen LogP contribution in [0.15, 0.2) is 30.3 Å². The molecule has 3 nitrogen and oxygen atoms in total. The van der Waals surface area contributed by atoms with E-state index in [2.05, 4.69) is 31.2 Å². The molecule has 0 atom stereocenters. The van der Waals surface area contributed by atoms with Crippen molar-refractivity contribution in [2.24, 2.45) is 0 Å². The average molecular weight is 249 g/mol. The molecule has 0 spiro atoms. The van der Waals surface area contributed by atoms with Gasteiger partial charge >= 0.3 is 5.97 Å². The Kier molecular flexibility index (Phi) is 7.11. The maximum Gasteiger partial charge on any atom is 0.317 e. The summed E-state index contributed by atoms with van der Waals surface area (Å²) >= 11 is 0. The molecular formula is C15H23NO2. The van der Waals surface area contributed by atoms with Gasteiger partial charge in [0.15, 0.2) is 0 Å². The normalized spacial score (nSPS) is 10.8. The lowest BCUT2D eigenvalue weighted by Gasteiger charge is -2.19. The minimum absolute atomic E-state index is 0.166. The van der Waals surface area contributed by atoms with Crippen LogP contribution in [0.2, 0.25) is 0 Å². The molecule has 0 amide bonds. The zero-order valence-corrected chi connectivity index (χ0v) is 11.1. The summed E-state index contributed by atoms with van der Waals surface area (Å²) in [5.41, 5.74) is 1.36. The van der Waals surface area contributed by atoms with Crippen molar-refractivity contribution in [1.29, 1.82) is 0 Å². The molecule has 1 aromatic carbocycles. The van der Waals surface area contributed by atoms with Crippen LogP contribution in [0.1, 0.15) is 31.7 Å². The number of unbranched alkanes of at least 4 members (excludes halogenated alkanes) is 1. The second kappa shape index (κ2) is 8.70. The van der Waals surface area contributed by atoms with Gasteiger partial charge in [-0.15, -0.1) is 0 Å². The van der Waals surface area contributed by atoms with Crippen molar-refractivity contribution in [3.8, 4) is 0 Å². The van der Waals surface area contributed by atoms with Gasteiger partial charge in [0.25, 0.3) is 0 Å². The molecule has 0 aliphatic heterocycles. The fourth-order valence-electron chi connectivity index (χ4n) is 2.09. The molecule has 0 unspecified atom stereocenters. The molecule has 0 aromatic heterocycles. The highest BCUT2D eigenvalue weighted by Gasteiger charge is 2.07. The number of nitrogens with zero attached hydrogens (tertiary/aromatic N) is 1. The Labute approximate surface area is 109 Å². The Morgan fingerprint density at radius 3 is 2.50 bits per heavy atom. The van der Waals surface area contributed by atoms with Crippen LogP contribution in [-0.2, 0) is 11.2 Å². The van der Waals surface area contributed by atoms with E-state index in [1.54, 1.807) is 0 Å². The number of hydrogen-bond acceptors (Lipinski definition) is 2. The minimum atomic E-state index is -0.730. The molecule has 0 radical (unpaired) electrons. The fourth-order valence-corrected chi connectivity index (χ4v) is 2.09. The summed E-state index contributed by atoms with van der Waals surface area (Å²) < 4.78 is 0. The lowest BCUT2D eigenvalue weighted by atomic mass is 10.1. The van der Waals surface area contributed by atoms with Gasteiger partial charge in [0.1, 0.15) is 0 Å². The summed E-state index contributed by atoms with van der Waals surface area (Å²) in [4.78, 5) is 12.7. The maximum absolute atomic E-state index is 10.7. The summed E-state index contributed by atoms with van der Waals surface area (Å²) in [7, 11) is 0. The summed E-state index contributed by atoms with van der Waals surface area (Å²) in [5.74, 6) is -0.730. The second-order valence-electron chi connectivity index (χ2n) is 4.61. The first-order valence-electron chi connectivity index (χ1n) is 6.70. The lowest BCUT2D eigenvalue weighted by Crippen LogP contribution is -2.31. The first kappa shape index (κ1) is 14.7. The Balaban J connectivity index is 2.20.